The molecule has 1 aromatic carbocycles. The molecule has 0 unspecified atom stereocenters. The van der Waals surface area contributed by atoms with E-state index in [1.54, 1.807) is 29.2 Å². The summed E-state index contributed by atoms with van der Waals surface area (Å²) in [6.07, 6.45) is 2.76. The van der Waals surface area contributed by atoms with Gasteiger partial charge < -0.3 is 14.6 Å². The number of nitrogens with one attached hydrogen (secondary N) is 1. The minimum absolute atomic E-state index is 0.0227. The molecule has 1 aliphatic heterocycles. The maximum Gasteiger partial charge on any atom is 0.289 e. The summed E-state index contributed by atoms with van der Waals surface area (Å²) in [7, 11) is 0. The van der Waals surface area contributed by atoms with Crippen LogP contribution in [0.15, 0.2) is 41.0 Å². The van der Waals surface area contributed by atoms with Crippen LogP contribution in [0, 0.1) is 12.8 Å². The smallest absolute Gasteiger partial charge is 0.289 e. The third-order valence-electron chi connectivity index (χ3n) is 4.34. The molecule has 2 aromatic rings. The Morgan fingerprint density at radius 3 is 2.67 bits per heavy atom. The van der Waals surface area contributed by atoms with Crippen LogP contribution in [0.1, 0.15) is 29.0 Å². The van der Waals surface area contributed by atoms with Crippen LogP contribution in [0.3, 0.4) is 0 Å². The van der Waals surface area contributed by atoms with Crippen molar-refractivity contribution >= 4 is 29.1 Å². The molecular formula is C18H19ClN2O3. The maximum atomic E-state index is 12.5. The molecule has 1 fully saturated rings. The second kappa shape index (κ2) is 7.09. The monoisotopic (exact) mass is 346 g/mol. The molecule has 2 heterocycles. The molecule has 6 heteroatoms. The normalized spacial score (nSPS) is 15.3. The lowest BCUT2D eigenvalue weighted by molar-refractivity contribution is -0.121. The molecule has 0 spiro atoms. The average molecular weight is 347 g/mol. The third kappa shape index (κ3) is 3.62. The fourth-order valence-corrected chi connectivity index (χ4v) is 3.04. The van der Waals surface area contributed by atoms with Crippen LogP contribution in [0.2, 0.25) is 5.02 Å². The lowest BCUT2D eigenvalue weighted by Gasteiger charge is -2.30. The van der Waals surface area contributed by atoms with Crippen LogP contribution in [0.4, 0.5) is 5.69 Å². The molecule has 0 aliphatic carbocycles. The number of hydrogen-bond donors (Lipinski definition) is 1. The fraction of sp³-hybridized carbons (Fsp3) is 0.333. The lowest BCUT2D eigenvalue weighted by Crippen LogP contribution is -2.41. The van der Waals surface area contributed by atoms with E-state index in [-0.39, 0.29) is 17.7 Å². The van der Waals surface area contributed by atoms with Crippen LogP contribution < -0.4 is 5.32 Å². The van der Waals surface area contributed by atoms with Gasteiger partial charge in [-0.3, -0.25) is 9.59 Å². The average Bonchev–Trinajstić information content (AvgIpc) is 3.12. The van der Waals surface area contributed by atoms with Crippen molar-refractivity contribution in [3.8, 4) is 0 Å². The number of benzene rings is 1. The first-order valence-corrected chi connectivity index (χ1v) is 8.32. The minimum atomic E-state index is -0.121. The number of aryl methyl sites for hydroxylation is 1. The molecule has 0 bridgehead atoms. The number of anilines is 1. The molecule has 0 saturated carbocycles. The molecule has 126 valence electrons. The first kappa shape index (κ1) is 16.6. The van der Waals surface area contributed by atoms with E-state index in [1.807, 2.05) is 13.0 Å². The van der Waals surface area contributed by atoms with Crippen molar-refractivity contribution in [2.24, 2.45) is 5.92 Å². The van der Waals surface area contributed by atoms with E-state index in [0.717, 1.165) is 11.3 Å². The lowest BCUT2D eigenvalue weighted by atomic mass is 9.95. The van der Waals surface area contributed by atoms with Gasteiger partial charge in [0, 0.05) is 29.7 Å². The summed E-state index contributed by atoms with van der Waals surface area (Å²) in [5.41, 5.74) is 1.71. The Bertz CT molecular complexity index is 735. The van der Waals surface area contributed by atoms with Gasteiger partial charge in [-0.05, 0) is 49.6 Å². The van der Waals surface area contributed by atoms with E-state index in [1.165, 1.54) is 6.26 Å². The highest BCUT2D eigenvalue weighted by atomic mass is 35.5. The van der Waals surface area contributed by atoms with Gasteiger partial charge in [0.05, 0.1) is 6.26 Å². The van der Waals surface area contributed by atoms with Crippen molar-refractivity contribution in [3.05, 3.63) is 52.9 Å². The third-order valence-corrected chi connectivity index (χ3v) is 4.58. The Labute approximate surface area is 145 Å². The molecule has 1 aliphatic rings. The number of nitrogens with zero attached hydrogens (tertiary/aromatic N) is 1. The Morgan fingerprint density at radius 2 is 2.00 bits per heavy atom. The van der Waals surface area contributed by atoms with Gasteiger partial charge in [-0.2, -0.15) is 0 Å². The van der Waals surface area contributed by atoms with Crippen molar-refractivity contribution in [3.63, 3.8) is 0 Å². The van der Waals surface area contributed by atoms with Gasteiger partial charge in [0.25, 0.3) is 5.91 Å². The number of amides is 2. The zero-order valence-electron chi connectivity index (χ0n) is 13.4. The number of likely N-dealkylation sites (tertiary alicyclic amines) is 1. The number of halogens is 1. The van der Waals surface area contributed by atoms with Crippen LogP contribution in [-0.2, 0) is 4.79 Å². The highest BCUT2D eigenvalue weighted by molar-refractivity contribution is 6.31. The number of furan rings is 1. The van der Waals surface area contributed by atoms with Crippen molar-refractivity contribution in [2.45, 2.75) is 19.8 Å². The van der Waals surface area contributed by atoms with Crippen LogP contribution in [-0.4, -0.2) is 29.8 Å². The number of hydrogen-bond acceptors (Lipinski definition) is 3. The van der Waals surface area contributed by atoms with Crippen LogP contribution >= 0.6 is 11.6 Å². The van der Waals surface area contributed by atoms with Gasteiger partial charge >= 0.3 is 0 Å². The molecule has 24 heavy (non-hydrogen) atoms. The number of piperidine rings is 1. The maximum absolute atomic E-state index is 12.5. The molecule has 0 radical (unpaired) electrons. The summed E-state index contributed by atoms with van der Waals surface area (Å²) in [4.78, 5) is 26.4. The van der Waals surface area contributed by atoms with Gasteiger partial charge in [0.1, 0.15) is 0 Å². The van der Waals surface area contributed by atoms with Crippen molar-refractivity contribution in [2.75, 3.05) is 18.4 Å². The van der Waals surface area contributed by atoms with E-state index in [4.69, 9.17) is 16.0 Å². The highest BCUT2D eigenvalue weighted by Crippen LogP contribution is 2.24. The topological polar surface area (TPSA) is 62.6 Å². The molecular weight excluding hydrogens is 328 g/mol. The standard InChI is InChI=1S/C18H19ClN2O3/c1-12-4-5-14(19)11-15(12)20-17(22)13-6-8-21(9-7-13)18(23)16-3-2-10-24-16/h2-5,10-11,13H,6-9H2,1H3,(H,20,22). The Hall–Kier alpha value is -2.27. The van der Waals surface area contributed by atoms with E-state index >= 15 is 0 Å². The van der Waals surface area contributed by atoms with E-state index in [9.17, 15) is 9.59 Å². The highest BCUT2D eigenvalue weighted by Gasteiger charge is 2.28. The largest absolute Gasteiger partial charge is 0.459 e. The van der Waals surface area contributed by atoms with E-state index in [0.29, 0.717) is 36.7 Å². The molecule has 1 saturated heterocycles. The molecule has 3 rings (SSSR count). The summed E-state index contributed by atoms with van der Waals surface area (Å²) < 4.78 is 5.14. The molecule has 2 amide bonds. The summed E-state index contributed by atoms with van der Waals surface area (Å²) in [5.74, 6) is 0.0893. The minimum Gasteiger partial charge on any atom is -0.459 e. The summed E-state index contributed by atoms with van der Waals surface area (Å²) in [5, 5.41) is 3.54. The van der Waals surface area contributed by atoms with Gasteiger partial charge in [-0.15, -0.1) is 0 Å². The van der Waals surface area contributed by atoms with Crippen molar-refractivity contribution in [1.82, 2.24) is 4.90 Å². The zero-order chi connectivity index (χ0) is 17.1. The van der Waals surface area contributed by atoms with Crippen LogP contribution in [0.5, 0.6) is 0 Å². The van der Waals surface area contributed by atoms with Gasteiger partial charge in [-0.25, -0.2) is 0 Å². The molecule has 1 N–H and O–H groups in total. The van der Waals surface area contributed by atoms with Crippen LogP contribution in [0.25, 0.3) is 0 Å². The number of carbonyl (C=O) groups is 2. The van der Waals surface area contributed by atoms with Gasteiger partial charge in [-0.1, -0.05) is 17.7 Å². The first-order chi connectivity index (χ1) is 11.5. The predicted octanol–water partition coefficient (Wildman–Crippen LogP) is 3.73. The SMILES string of the molecule is Cc1ccc(Cl)cc1NC(=O)C1CCN(C(=O)c2ccco2)CC1. The molecule has 5 nitrogen and oxygen atoms in total. The van der Waals surface area contributed by atoms with Crippen molar-refractivity contribution in [1.29, 1.82) is 0 Å². The second-order valence-corrected chi connectivity index (χ2v) is 6.43. The Kier molecular flexibility index (Phi) is 4.90. The number of rotatable bonds is 3. The summed E-state index contributed by atoms with van der Waals surface area (Å²) in [6.45, 7) is 3.02. The second-order valence-electron chi connectivity index (χ2n) is 5.99. The summed E-state index contributed by atoms with van der Waals surface area (Å²) in [6, 6.07) is 8.78. The summed E-state index contributed by atoms with van der Waals surface area (Å²) >= 11 is 5.98. The quantitative estimate of drug-likeness (QED) is 0.921. The number of carbonyl (C=O) groups excluding carboxylic acids is 2. The van der Waals surface area contributed by atoms with E-state index in [2.05, 4.69) is 5.32 Å². The fourth-order valence-electron chi connectivity index (χ4n) is 2.86. The van der Waals surface area contributed by atoms with E-state index < -0.39 is 0 Å². The van der Waals surface area contributed by atoms with Gasteiger partial charge in [0.2, 0.25) is 5.91 Å². The zero-order valence-corrected chi connectivity index (χ0v) is 14.2. The predicted molar refractivity (Wildman–Crippen MR) is 92.2 cm³/mol. The van der Waals surface area contributed by atoms with Crippen molar-refractivity contribution < 1.29 is 14.0 Å². The first-order valence-electron chi connectivity index (χ1n) is 7.94. The Morgan fingerprint density at radius 1 is 1.25 bits per heavy atom. The molecule has 1 aromatic heterocycles. The van der Waals surface area contributed by atoms with Gasteiger partial charge in [0.15, 0.2) is 5.76 Å². The molecule has 0 atom stereocenters. The Balaban J connectivity index is 1.57.